The average Bonchev–Trinajstić information content (AvgIpc) is 2.99. The zero-order valence-corrected chi connectivity index (χ0v) is 15.1. The Morgan fingerprint density at radius 3 is 2.71 bits per heavy atom. The van der Waals surface area contributed by atoms with Gasteiger partial charge in [0.25, 0.3) is 5.91 Å². The summed E-state index contributed by atoms with van der Waals surface area (Å²) in [6, 6.07) is 6.62. The number of esters is 1. The van der Waals surface area contributed by atoms with Gasteiger partial charge in [0.1, 0.15) is 4.88 Å². The second-order valence-electron chi connectivity index (χ2n) is 5.51. The smallest absolute Gasteiger partial charge is 0.348 e. The molecule has 0 fully saturated rings. The van der Waals surface area contributed by atoms with Gasteiger partial charge in [0.2, 0.25) is 0 Å². The lowest BCUT2D eigenvalue weighted by Gasteiger charge is -2.08. The van der Waals surface area contributed by atoms with E-state index in [1.54, 1.807) is 12.1 Å². The summed E-state index contributed by atoms with van der Waals surface area (Å²) < 4.78 is 5.09. The van der Waals surface area contributed by atoms with Gasteiger partial charge in [-0.2, -0.15) is 0 Å². The molecule has 0 saturated heterocycles. The lowest BCUT2D eigenvalue weighted by atomic mass is 9.99. The number of aryl methyl sites for hydroxylation is 2. The van der Waals surface area contributed by atoms with Crippen molar-refractivity contribution in [2.24, 2.45) is 0 Å². The molecule has 0 aliphatic heterocycles. The Labute approximate surface area is 153 Å². The minimum absolute atomic E-state index is 0.327. The van der Waals surface area contributed by atoms with Gasteiger partial charge in [-0.1, -0.05) is 23.2 Å². The molecule has 1 amide bonds. The van der Waals surface area contributed by atoms with Crippen molar-refractivity contribution < 1.29 is 14.3 Å². The number of rotatable bonds is 4. The number of carbonyl (C=O) groups excluding carboxylic acids is 2. The lowest BCUT2D eigenvalue weighted by molar-refractivity contribution is -0.119. The van der Waals surface area contributed by atoms with Crippen LogP contribution in [0.25, 0.3) is 0 Å². The normalized spacial score (nSPS) is 13.2. The molecular weight excluding hydrogens is 369 g/mol. The molecule has 24 heavy (non-hydrogen) atoms. The highest BCUT2D eigenvalue weighted by molar-refractivity contribution is 7.14. The minimum atomic E-state index is -0.466. The van der Waals surface area contributed by atoms with Crippen LogP contribution in [0.2, 0.25) is 10.0 Å². The van der Waals surface area contributed by atoms with Crippen LogP contribution in [0.5, 0.6) is 0 Å². The molecule has 1 aromatic heterocycles. The van der Waals surface area contributed by atoms with Crippen LogP contribution < -0.4 is 5.32 Å². The van der Waals surface area contributed by atoms with Crippen molar-refractivity contribution in [3.05, 3.63) is 49.6 Å². The molecule has 0 atom stereocenters. The molecule has 1 aliphatic rings. The summed E-state index contributed by atoms with van der Waals surface area (Å²) in [6.07, 6.45) is 4.34. The Morgan fingerprint density at radius 2 is 1.96 bits per heavy atom. The van der Waals surface area contributed by atoms with Crippen LogP contribution in [0.15, 0.2) is 24.3 Å². The summed E-state index contributed by atoms with van der Waals surface area (Å²) in [4.78, 5) is 25.8. The van der Waals surface area contributed by atoms with Gasteiger partial charge >= 0.3 is 5.97 Å². The van der Waals surface area contributed by atoms with Crippen LogP contribution in [0, 0.1) is 0 Å². The van der Waals surface area contributed by atoms with Gasteiger partial charge in [-0.15, -0.1) is 11.3 Å². The third-order valence-corrected chi connectivity index (χ3v) is 5.50. The van der Waals surface area contributed by atoms with Gasteiger partial charge in [0.15, 0.2) is 6.61 Å². The summed E-state index contributed by atoms with van der Waals surface area (Å²) in [7, 11) is 0. The maximum atomic E-state index is 12.1. The first kappa shape index (κ1) is 17.3. The quantitative estimate of drug-likeness (QED) is 0.776. The van der Waals surface area contributed by atoms with E-state index in [9.17, 15) is 9.59 Å². The molecule has 0 saturated carbocycles. The number of hydrogen-bond donors (Lipinski definition) is 1. The van der Waals surface area contributed by atoms with E-state index >= 15 is 0 Å². The summed E-state index contributed by atoms with van der Waals surface area (Å²) in [5, 5.41) is 3.39. The molecule has 4 nitrogen and oxygen atoms in total. The SMILES string of the molecule is O=C(COC(=O)c1cc2c(s1)CCCC2)Nc1ccc(Cl)cc1Cl. The molecule has 2 aromatic rings. The van der Waals surface area contributed by atoms with E-state index in [-0.39, 0.29) is 6.61 Å². The molecule has 1 N–H and O–H groups in total. The second-order valence-corrected chi connectivity index (χ2v) is 7.50. The van der Waals surface area contributed by atoms with Gasteiger partial charge < -0.3 is 10.1 Å². The van der Waals surface area contributed by atoms with Crippen molar-refractivity contribution in [3.8, 4) is 0 Å². The summed E-state index contributed by atoms with van der Waals surface area (Å²) in [5.74, 6) is -0.916. The Bertz CT molecular complexity index is 765. The van der Waals surface area contributed by atoms with E-state index in [2.05, 4.69) is 5.32 Å². The van der Waals surface area contributed by atoms with E-state index < -0.39 is 11.9 Å². The summed E-state index contributed by atoms with van der Waals surface area (Å²) >= 11 is 13.2. The first-order chi connectivity index (χ1) is 11.5. The summed E-state index contributed by atoms with van der Waals surface area (Å²) in [6.45, 7) is -0.361. The number of ether oxygens (including phenoxy) is 1. The molecule has 7 heteroatoms. The van der Waals surface area contributed by atoms with Gasteiger partial charge in [0, 0.05) is 9.90 Å². The number of nitrogens with one attached hydrogen (secondary N) is 1. The molecule has 0 spiro atoms. The number of anilines is 1. The molecule has 1 aromatic carbocycles. The molecule has 3 rings (SSSR count). The van der Waals surface area contributed by atoms with Gasteiger partial charge in [-0.05, 0) is 55.5 Å². The molecule has 1 heterocycles. The Hall–Kier alpha value is -1.56. The van der Waals surface area contributed by atoms with Crippen LogP contribution in [-0.4, -0.2) is 18.5 Å². The average molecular weight is 384 g/mol. The standard InChI is InChI=1S/C17H15Cl2NO3S/c18-11-5-6-13(12(19)8-11)20-16(21)9-23-17(22)15-7-10-3-1-2-4-14(10)24-15/h5-8H,1-4,9H2,(H,20,21). The number of amides is 1. The van der Waals surface area contributed by atoms with Crippen molar-refractivity contribution in [2.45, 2.75) is 25.7 Å². The number of carbonyl (C=O) groups is 2. The third-order valence-electron chi connectivity index (χ3n) is 3.74. The van der Waals surface area contributed by atoms with Crippen LogP contribution in [-0.2, 0) is 22.4 Å². The zero-order valence-electron chi connectivity index (χ0n) is 12.7. The fourth-order valence-electron chi connectivity index (χ4n) is 2.57. The number of hydrogen-bond acceptors (Lipinski definition) is 4. The Morgan fingerprint density at radius 1 is 1.17 bits per heavy atom. The van der Waals surface area contributed by atoms with Gasteiger partial charge in [0.05, 0.1) is 10.7 Å². The molecule has 0 unspecified atom stereocenters. The van der Waals surface area contributed by atoms with Gasteiger partial charge in [-0.25, -0.2) is 4.79 Å². The van der Waals surface area contributed by atoms with E-state index in [1.807, 2.05) is 6.07 Å². The molecule has 0 radical (unpaired) electrons. The van der Waals surface area contributed by atoms with E-state index in [1.165, 1.54) is 27.8 Å². The first-order valence-corrected chi connectivity index (χ1v) is 9.14. The third kappa shape index (κ3) is 4.09. The van der Waals surface area contributed by atoms with Crippen molar-refractivity contribution in [1.29, 1.82) is 0 Å². The van der Waals surface area contributed by atoms with Crippen molar-refractivity contribution >= 4 is 52.1 Å². The molecule has 126 valence electrons. The highest BCUT2D eigenvalue weighted by Crippen LogP contribution is 2.30. The van der Waals surface area contributed by atoms with E-state index in [4.69, 9.17) is 27.9 Å². The van der Waals surface area contributed by atoms with Crippen LogP contribution in [0.4, 0.5) is 5.69 Å². The number of thiophene rings is 1. The van der Waals surface area contributed by atoms with E-state index in [0.717, 1.165) is 25.7 Å². The van der Waals surface area contributed by atoms with Gasteiger partial charge in [-0.3, -0.25) is 4.79 Å². The largest absolute Gasteiger partial charge is 0.451 e. The first-order valence-electron chi connectivity index (χ1n) is 7.56. The van der Waals surface area contributed by atoms with E-state index in [0.29, 0.717) is 20.6 Å². The van der Waals surface area contributed by atoms with Crippen LogP contribution in [0.3, 0.4) is 0 Å². The van der Waals surface area contributed by atoms with Crippen LogP contribution >= 0.6 is 34.5 Å². The maximum absolute atomic E-state index is 12.1. The lowest BCUT2D eigenvalue weighted by Crippen LogP contribution is -2.20. The molecule has 0 bridgehead atoms. The Kier molecular flexibility index (Phi) is 5.43. The summed E-state index contributed by atoms with van der Waals surface area (Å²) in [5.41, 5.74) is 1.66. The topological polar surface area (TPSA) is 55.4 Å². The molecular formula is C17H15Cl2NO3S. The maximum Gasteiger partial charge on any atom is 0.348 e. The van der Waals surface area contributed by atoms with Crippen molar-refractivity contribution in [2.75, 3.05) is 11.9 Å². The number of fused-ring (bicyclic) bond motifs is 1. The fourth-order valence-corrected chi connectivity index (χ4v) is 4.17. The zero-order chi connectivity index (χ0) is 17.1. The van der Waals surface area contributed by atoms with Crippen molar-refractivity contribution in [1.82, 2.24) is 0 Å². The Balaban J connectivity index is 1.55. The second kappa shape index (κ2) is 7.55. The van der Waals surface area contributed by atoms with Crippen molar-refractivity contribution in [3.63, 3.8) is 0 Å². The predicted molar refractivity (Wildman–Crippen MR) is 96.3 cm³/mol. The number of benzene rings is 1. The fraction of sp³-hybridized carbons (Fsp3) is 0.294. The molecule has 1 aliphatic carbocycles. The predicted octanol–water partition coefficient (Wildman–Crippen LogP) is 4.73. The van der Waals surface area contributed by atoms with Crippen LogP contribution in [0.1, 0.15) is 33.0 Å². The number of halogens is 2. The highest BCUT2D eigenvalue weighted by atomic mass is 35.5. The minimum Gasteiger partial charge on any atom is -0.451 e. The highest BCUT2D eigenvalue weighted by Gasteiger charge is 2.19. The monoisotopic (exact) mass is 383 g/mol.